The topological polar surface area (TPSA) is 61.2 Å². The number of sulfonamides is 1. The summed E-state index contributed by atoms with van der Waals surface area (Å²) in [7, 11) is -2.52. The lowest BCUT2D eigenvalue weighted by Gasteiger charge is -2.17. The molecule has 0 fully saturated rings. The molecule has 2 aromatic carbocycles. The lowest BCUT2D eigenvalue weighted by molar-refractivity contribution is 0.454. The Morgan fingerprint density at radius 1 is 1.14 bits per heavy atom. The van der Waals surface area contributed by atoms with Gasteiger partial charge in [-0.15, -0.1) is 0 Å². The second-order valence-electron chi connectivity index (χ2n) is 4.63. The van der Waals surface area contributed by atoms with Gasteiger partial charge in [0.15, 0.2) is 0 Å². The van der Waals surface area contributed by atoms with Gasteiger partial charge in [0.1, 0.15) is 11.6 Å². The van der Waals surface area contributed by atoms with E-state index < -0.39 is 21.7 Å². The number of nitrogens with zero attached hydrogens (tertiary/aromatic N) is 2. The third-order valence-electron chi connectivity index (χ3n) is 3.10. The van der Waals surface area contributed by atoms with E-state index in [1.165, 1.54) is 37.4 Å². The zero-order valence-electron chi connectivity index (χ0n) is 11.6. The molecule has 114 valence electrons. The van der Waals surface area contributed by atoms with Gasteiger partial charge in [-0.05, 0) is 30.3 Å². The Labute approximate surface area is 127 Å². The van der Waals surface area contributed by atoms with E-state index in [4.69, 9.17) is 5.26 Å². The summed E-state index contributed by atoms with van der Waals surface area (Å²) in [5, 5.41) is 8.71. The average Bonchev–Trinajstić information content (AvgIpc) is 2.50. The van der Waals surface area contributed by atoms with Crippen LogP contribution in [0.1, 0.15) is 11.1 Å². The van der Waals surface area contributed by atoms with E-state index in [2.05, 4.69) is 0 Å². The van der Waals surface area contributed by atoms with Crippen LogP contribution in [-0.2, 0) is 16.6 Å². The first kappa shape index (κ1) is 16.1. The van der Waals surface area contributed by atoms with Gasteiger partial charge in [0, 0.05) is 25.2 Å². The number of halogens is 2. The van der Waals surface area contributed by atoms with E-state index in [1.54, 1.807) is 0 Å². The van der Waals surface area contributed by atoms with Crippen LogP contribution in [0.3, 0.4) is 0 Å². The van der Waals surface area contributed by atoms with E-state index in [1.807, 2.05) is 6.07 Å². The molecule has 0 atom stereocenters. The molecular weight excluding hydrogens is 310 g/mol. The maximum Gasteiger partial charge on any atom is 0.243 e. The molecular formula is C15H12F2N2O2S. The number of rotatable bonds is 4. The summed E-state index contributed by atoms with van der Waals surface area (Å²) >= 11 is 0. The van der Waals surface area contributed by atoms with Crippen LogP contribution < -0.4 is 0 Å². The smallest absolute Gasteiger partial charge is 0.207 e. The van der Waals surface area contributed by atoms with Crippen LogP contribution in [0.15, 0.2) is 47.4 Å². The van der Waals surface area contributed by atoms with Gasteiger partial charge in [0.2, 0.25) is 10.0 Å². The normalized spacial score (nSPS) is 11.4. The molecule has 0 spiro atoms. The van der Waals surface area contributed by atoms with Crippen LogP contribution in [0.2, 0.25) is 0 Å². The third-order valence-corrected chi connectivity index (χ3v) is 4.92. The van der Waals surface area contributed by atoms with Crippen molar-refractivity contribution in [1.82, 2.24) is 4.31 Å². The Hall–Kier alpha value is -2.30. The third kappa shape index (κ3) is 3.30. The highest BCUT2D eigenvalue weighted by molar-refractivity contribution is 7.89. The van der Waals surface area contributed by atoms with Crippen LogP contribution in [0.4, 0.5) is 8.78 Å². The minimum absolute atomic E-state index is 0.00322. The van der Waals surface area contributed by atoms with E-state index in [-0.39, 0.29) is 17.0 Å². The van der Waals surface area contributed by atoms with Crippen LogP contribution in [0, 0.1) is 23.0 Å². The molecule has 0 aliphatic carbocycles. The molecule has 0 aromatic heterocycles. The highest BCUT2D eigenvalue weighted by atomic mass is 32.2. The lowest BCUT2D eigenvalue weighted by Crippen LogP contribution is -2.27. The minimum Gasteiger partial charge on any atom is -0.207 e. The van der Waals surface area contributed by atoms with Gasteiger partial charge in [0.25, 0.3) is 0 Å². The summed E-state index contributed by atoms with van der Waals surface area (Å²) in [4.78, 5) is -0.00322. The molecule has 4 nitrogen and oxygen atoms in total. The van der Waals surface area contributed by atoms with Gasteiger partial charge in [-0.3, -0.25) is 0 Å². The van der Waals surface area contributed by atoms with E-state index in [9.17, 15) is 17.2 Å². The Morgan fingerprint density at radius 2 is 1.77 bits per heavy atom. The molecule has 0 saturated carbocycles. The van der Waals surface area contributed by atoms with Crippen molar-refractivity contribution in [3.63, 3.8) is 0 Å². The van der Waals surface area contributed by atoms with Crippen LogP contribution in [0.25, 0.3) is 0 Å². The first-order valence-corrected chi connectivity index (χ1v) is 7.69. The monoisotopic (exact) mass is 322 g/mol. The fourth-order valence-electron chi connectivity index (χ4n) is 1.86. The number of hydrogen-bond donors (Lipinski definition) is 0. The van der Waals surface area contributed by atoms with Gasteiger partial charge < -0.3 is 0 Å². The van der Waals surface area contributed by atoms with Gasteiger partial charge in [-0.1, -0.05) is 6.07 Å². The van der Waals surface area contributed by atoms with Crippen molar-refractivity contribution in [2.75, 3.05) is 7.05 Å². The van der Waals surface area contributed by atoms with Crippen molar-refractivity contribution in [3.05, 3.63) is 65.2 Å². The largest absolute Gasteiger partial charge is 0.243 e. The molecule has 0 amide bonds. The Kier molecular flexibility index (Phi) is 4.54. The summed E-state index contributed by atoms with van der Waals surface area (Å²) in [6.45, 7) is -0.228. The molecule has 0 unspecified atom stereocenters. The predicted molar refractivity (Wildman–Crippen MR) is 76.2 cm³/mol. The molecule has 0 saturated heterocycles. The first-order valence-electron chi connectivity index (χ1n) is 6.25. The van der Waals surface area contributed by atoms with Crippen molar-refractivity contribution in [2.45, 2.75) is 11.4 Å². The van der Waals surface area contributed by atoms with Crippen molar-refractivity contribution in [1.29, 1.82) is 5.26 Å². The molecule has 0 N–H and O–H groups in total. The van der Waals surface area contributed by atoms with Gasteiger partial charge >= 0.3 is 0 Å². The Morgan fingerprint density at radius 3 is 2.32 bits per heavy atom. The maximum absolute atomic E-state index is 13.6. The fourth-order valence-corrected chi connectivity index (χ4v) is 3.01. The van der Waals surface area contributed by atoms with Crippen molar-refractivity contribution in [2.24, 2.45) is 0 Å². The van der Waals surface area contributed by atoms with Crippen molar-refractivity contribution < 1.29 is 17.2 Å². The standard InChI is InChI=1S/C15H12F2N2O2S/c1-19(10-12-4-5-13(16)8-15(12)17)22(20,21)14-6-2-11(9-18)3-7-14/h2-8H,10H2,1H3. The second-order valence-corrected chi connectivity index (χ2v) is 6.68. The Bertz CT molecular complexity index is 828. The van der Waals surface area contributed by atoms with Gasteiger partial charge in [0.05, 0.1) is 16.5 Å². The molecule has 0 heterocycles. The highest BCUT2D eigenvalue weighted by Crippen LogP contribution is 2.19. The molecule has 7 heteroatoms. The number of benzene rings is 2. The summed E-state index contributed by atoms with van der Waals surface area (Å²) in [6, 6.07) is 10.3. The summed E-state index contributed by atoms with van der Waals surface area (Å²) in [5.74, 6) is -1.53. The zero-order valence-corrected chi connectivity index (χ0v) is 12.4. The highest BCUT2D eigenvalue weighted by Gasteiger charge is 2.22. The SMILES string of the molecule is CN(Cc1ccc(F)cc1F)S(=O)(=O)c1ccc(C#N)cc1. The van der Waals surface area contributed by atoms with Crippen LogP contribution >= 0.6 is 0 Å². The van der Waals surface area contributed by atoms with Crippen molar-refractivity contribution in [3.8, 4) is 6.07 Å². The molecule has 2 rings (SSSR count). The van der Waals surface area contributed by atoms with Crippen LogP contribution in [-0.4, -0.2) is 19.8 Å². The lowest BCUT2D eigenvalue weighted by atomic mass is 10.2. The molecule has 0 bridgehead atoms. The Balaban J connectivity index is 2.26. The fraction of sp³-hybridized carbons (Fsp3) is 0.133. The summed E-state index contributed by atoms with van der Waals surface area (Å²) in [5.41, 5.74) is 0.410. The minimum atomic E-state index is -3.83. The first-order chi connectivity index (χ1) is 10.3. The average molecular weight is 322 g/mol. The van der Waals surface area contributed by atoms with E-state index in [0.29, 0.717) is 11.6 Å². The number of hydrogen-bond acceptors (Lipinski definition) is 3. The molecule has 0 aliphatic heterocycles. The summed E-state index contributed by atoms with van der Waals surface area (Å²) in [6.07, 6.45) is 0. The van der Waals surface area contributed by atoms with Crippen LogP contribution in [0.5, 0.6) is 0 Å². The maximum atomic E-state index is 13.6. The molecule has 0 radical (unpaired) electrons. The second kappa shape index (κ2) is 6.22. The summed E-state index contributed by atoms with van der Waals surface area (Å²) < 4.78 is 52.1. The van der Waals surface area contributed by atoms with Crippen molar-refractivity contribution >= 4 is 10.0 Å². The zero-order chi connectivity index (χ0) is 16.3. The van der Waals surface area contributed by atoms with E-state index >= 15 is 0 Å². The van der Waals surface area contributed by atoms with Gasteiger partial charge in [-0.25, -0.2) is 17.2 Å². The molecule has 0 aliphatic rings. The predicted octanol–water partition coefficient (Wildman–Crippen LogP) is 2.66. The number of nitriles is 1. The molecule has 2 aromatic rings. The quantitative estimate of drug-likeness (QED) is 0.869. The van der Waals surface area contributed by atoms with Gasteiger partial charge in [-0.2, -0.15) is 9.57 Å². The van der Waals surface area contributed by atoms with E-state index in [0.717, 1.165) is 10.4 Å². The molecule has 22 heavy (non-hydrogen) atoms.